The number of pyridine rings is 1. The molecule has 0 radical (unpaired) electrons. The third-order valence-corrected chi connectivity index (χ3v) is 3.52. The molecule has 0 saturated carbocycles. The maximum atomic E-state index is 4.44. The molecule has 0 unspecified atom stereocenters. The van der Waals surface area contributed by atoms with Gasteiger partial charge in [0.15, 0.2) is 0 Å². The van der Waals surface area contributed by atoms with Crippen LogP contribution in [0.1, 0.15) is 5.56 Å². The van der Waals surface area contributed by atoms with Gasteiger partial charge in [0.25, 0.3) is 0 Å². The average molecular weight is 199 g/mol. The first-order valence-corrected chi connectivity index (χ1v) is 5.60. The van der Waals surface area contributed by atoms with Crippen LogP contribution < -0.4 is 0 Å². The van der Waals surface area contributed by atoms with Gasteiger partial charge in [0, 0.05) is 22.4 Å². The average Bonchev–Trinajstić information content (AvgIpc) is 2.29. The Labute approximate surface area is 87.2 Å². The largest absolute Gasteiger partial charge is 0.255 e. The van der Waals surface area contributed by atoms with E-state index in [2.05, 4.69) is 35.3 Å². The second-order valence-electron chi connectivity index (χ2n) is 3.30. The van der Waals surface area contributed by atoms with Gasteiger partial charge in [-0.15, -0.1) is 11.8 Å². The predicted molar refractivity (Wildman–Crippen MR) is 59.2 cm³/mol. The van der Waals surface area contributed by atoms with Crippen molar-refractivity contribution in [2.45, 2.75) is 10.6 Å². The van der Waals surface area contributed by atoms with Crippen molar-refractivity contribution in [1.82, 2.24) is 4.98 Å². The lowest BCUT2D eigenvalue weighted by atomic mass is 10.0. The summed E-state index contributed by atoms with van der Waals surface area (Å²) in [7, 11) is 0. The Bertz CT molecular complexity index is 434. The van der Waals surface area contributed by atoms with E-state index >= 15 is 0 Å². The summed E-state index contributed by atoms with van der Waals surface area (Å²) in [6.07, 6.45) is 1.86. The highest BCUT2D eigenvalue weighted by molar-refractivity contribution is 7.98. The minimum Gasteiger partial charge on any atom is -0.255 e. The van der Waals surface area contributed by atoms with Crippen LogP contribution >= 0.6 is 11.8 Å². The van der Waals surface area contributed by atoms with Crippen molar-refractivity contribution >= 4 is 11.8 Å². The van der Waals surface area contributed by atoms with Crippen molar-refractivity contribution in [3.8, 4) is 11.3 Å². The number of benzene rings is 1. The van der Waals surface area contributed by atoms with E-state index in [1.807, 2.05) is 24.0 Å². The Morgan fingerprint density at radius 1 is 1.07 bits per heavy atom. The van der Waals surface area contributed by atoms with E-state index in [4.69, 9.17) is 0 Å². The second-order valence-corrected chi connectivity index (χ2v) is 4.31. The topological polar surface area (TPSA) is 12.9 Å². The molecule has 1 aromatic heterocycles. The number of hydrogen-bond donors (Lipinski definition) is 0. The second kappa shape index (κ2) is 3.14. The van der Waals surface area contributed by atoms with E-state index < -0.39 is 0 Å². The van der Waals surface area contributed by atoms with Crippen molar-refractivity contribution in [1.29, 1.82) is 0 Å². The van der Waals surface area contributed by atoms with E-state index in [9.17, 15) is 0 Å². The summed E-state index contributed by atoms with van der Waals surface area (Å²) >= 11 is 1.87. The molecule has 14 heavy (non-hydrogen) atoms. The molecule has 68 valence electrons. The molecule has 3 rings (SSSR count). The van der Waals surface area contributed by atoms with Crippen LogP contribution in [0, 0.1) is 0 Å². The molecule has 1 aromatic carbocycles. The first-order chi connectivity index (χ1) is 6.95. The molecular weight excluding hydrogens is 190 g/mol. The molecule has 0 atom stereocenters. The highest BCUT2D eigenvalue weighted by atomic mass is 32.2. The summed E-state index contributed by atoms with van der Waals surface area (Å²) in [6.45, 7) is 0. The Balaban J connectivity index is 2.29. The molecule has 0 spiro atoms. The van der Waals surface area contributed by atoms with Crippen molar-refractivity contribution < 1.29 is 0 Å². The maximum absolute atomic E-state index is 4.44. The van der Waals surface area contributed by atoms with Crippen LogP contribution in [-0.2, 0) is 5.75 Å². The van der Waals surface area contributed by atoms with Crippen molar-refractivity contribution in [3.05, 3.63) is 48.2 Å². The molecule has 0 amide bonds. The first-order valence-electron chi connectivity index (χ1n) is 4.61. The zero-order valence-corrected chi connectivity index (χ0v) is 8.42. The molecule has 0 saturated heterocycles. The maximum Gasteiger partial charge on any atom is 0.0840 e. The van der Waals surface area contributed by atoms with Crippen LogP contribution in [0.3, 0.4) is 0 Å². The van der Waals surface area contributed by atoms with E-state index in [1.165, 1.54) is 16.0 Å². The normalized spacial score (nSPS) is 13.1. The van der Waals surface area contributed by atoms with E-state index in [-0.39, 0.29) is 0 Å². The van der Waals surface area contributed by atoms with Crippen LogP contribution in [-0.4, -0.2) is 4.98 Å². The van der Waals surface area contributed by atoms with Gasteiger partial charge in [0.2, 0.25) is 0 Å². The third-order valence-electron chi connectivity index (χ3n) is 2.43. The van der Waals surface area contributed by atoms with E-state index in [0.29, 0.717) is 0 Å². The van der Waals surface area contributed by atoms with Crippen molar-refractivity contribution in [2.24, 2.45) is 0 Å². The minimum absolute atomic E-state index is 1.06. The van der Waals surface area contributed by atoms with Crippen LogP contribution in [0.5, 0.6) is 0 Å². The Kier molecular flexibility index (Phi) is 1.81. The Morgan fingerprint density at radius 2 is 2.00 bits per heavy atom. The summed E-state index contributed by atoms with van der Waals surface area (Å²) in [5.74, 6) is 1.06. The number of fused-ring (bicyclic) bond motifs is 3. The monoisotopic (exact) mass is 199 g/mol. The molecule has 2 aromatic rings. The van der Waals surface area contributed by atoms with Crippen molar-refractivity contribution in [2.75, 3.05) is 0 Å². The predicted octanol–water partition coefficient (Wildman–Crippen LogP) is 3.35. The lowest BCUT2D eigenvalue weighted by Crippen LogP contribution is -1.97. The molecule has 2 heteroatoms. The zero-order chi connectivity index (χ0) is 9.38. The summed E-state index contributed by atoms with van der Waals surface area (Å²) < 4.78 is 0. The van der Waals surface area contributed by atoms with Gasteiger partial charge >= 0.3 is 0 Å². The highest BCUT2D eigenvalue weighted by Crippen LogP contribution is 2.39. The highest BCUT2D eigenvalue weighted by Gasteiger charge is 2.15. The van der Waals surface area contributed by atoms with Gasteiger partial charge in [-0.05, 0) is 17.7 Å². The van der Waals surface area contributed by atoms with Crippen LogP contribution in [0.15, 0.2) is 47.5 Å². The van der Waals surface area contributed by atoms with E-state index in [0.717, 1.165) is 11.4 Å². The molecule has 0 fully saturated rings. The van der Waals surface area contributed by atoms with Gasteiger partial charge < -0.3 is 0 Å². The van der Waals surface area contributed by atoms with Gasteiger partial charge in [-0.2, -0.15) is 0 Å². The zero-order valence-electron chi connectivity index (χ0n) is 7.60. The number of thioether (sulfide) groups is 1. The molecule has 2 heterocycles. The fraction of sp³-hybridized carbons (Fsp3) is 0.0833. The van der Waals surface area contributed by atoms with Gasteiger partial charge in [-0.3, -0.25) is 4.98 Å². The molecule has 1 aliphatic heterocycles. The molecule has 0 bridgehead atoms. The van der Waals surface area contributed by atoms with Crippen molar-refractivity contribution in [3.63, 3.8) is 0 Å². The lowest BCUT2D eigenvalue weighted by molar-refractivity contribution is 1.20. The molecule has 0 N–H and O–H groups in total. The quantitative estimate of drug-likeness (QED) is 0.645. The fourth-order valence-corrected chi connectivity index (χ4v) is 2.78. The first kappa shape index (κ1) is 8.06. The van der Waals surface area contributed by atoms with Crippen LogP contribution in [0.4, 0.5) is 0 Å². The Hall–Kier alpha value is -1.28. The summed E-state index contributed by atoms with van der Waals surface area (Å²) in [5, 5.41) is 0. The van der Waals surface area contributed by atoms with Gasteiger partial charge in [-0.1, -0.05) is 24.3 Å². The number of aromatic nitrogens is 1. The fourth-order valence-electron chi connectivity index (χ4n) is 1.74. The van der Waals surface area contributed by atoms with Gasteiger partial charge in [0.05, 0.1) is 5.69 Å². The Morgan fingerprint density at radius 3 is 3.00 bits per heavy atom. The third kappa shape index (κ3) is 1.15. The summed E-state index contributed by atoms with van der Waals surface area (Å²) in [4.78, 5) is 5.74. The molecule has 1 aliphatic rings. The smallest absolute Gasteiger partial charge is 0.0840 e. The standard InChI is InChI=1S/C12H9NS/c1-2-5-10-9(4-1)8-14-11-6-3-7-13-12(10)11/h1-7H,8H2. The number of nitrogens with zero attached hydrogens (tertiary/aromatic N) is 1. The SMILES string of the molecule is c1ccc2c(c1)CSc1cccnc1-2. The number of hydrogen-bond acceptors (Lipinski definition) is 2. The molecule has 0 aliphatic carbocycles. The van der Waals surface area contributed by atoms with Crippen LogP contribution in [0.25, 0.3) is 11.3 Å². The number of rotatable bonds is 0. The molecular formula is C12H9NS. The lowest BCUT2D eigenvalue weighted by Gasteiger charge is -2.17. The van der Waals surface area contributed by atoms with Crippen LogP contribution in [0.2, 0.25) is 0 Å². The summed E-state index contributed by atoms with van der Waals surface area (Å²) in [5.41, 5.74) is 3.82. The minimum atomic E-state index is 1.06. The van der Waals surface area contributed by atoms with E-state index in [1.54, 1.807) is 0 Å². The van der Waals surface area contributed by atoms with Gasteiger partial charge in [0.1, 0.15) is 0 Å². The molecule has 1 nitrogen and oxygen atoms in total. The van der Waals surface area contributed by atoms with Gasteiger partial charge in [-0.25, -0.2) is 0 Å². The summed E-state index contributed by atoms with van der Waals surface area (Å²) in [6, 6.07) is 12.6.